The van der Waals surface area contributed by atoms with Gasteiger partial charge in [0.2, 0.25) is 5.91 Å². The van der Waals surface area contributed by atoms with Gasteiger partial charge in [-0.1, -0.05) is 18.2 Å². The van der Waals surface area contributed by atoms with E-state index in [9.17, 15) is 9.18 Å². The lowest BCUT2D eigenvalue weighted by molar-refractivity contribution is -0.140. The Morgan fingerprint density at radius 1 is 1.07 bits per heavy atom. The third-order valence-electron chi connectivity index (χ3n) is 5.43. The molecule has 144 valence electrons. The summed E-state index contributed by atoms with van der Waals surface area (Å²) in [5, 5.41) is 0. The van der Waals surface area contributed by atoms with Gasteiger partial charge in [-0.05, 0) is 31.0 Å². The maximum atomic E-state index is 14.0. The molecule has 0 aliphatic carbocycles. The Morgan fingerprint density at radius 2 is 1.81 bits per heavy atom. The summed E-state index contributed by atoms with van der Waals surface area (Å²) in [4.78, 5) is 19.2. The van der Waals surface area contributed by atoms with Gasteiger partial charge in [-0.3, -0.25) is 9.69 Å². The van der Waals surface area contributed by atoms with Crippen LogP contribution < -0.4 is 0 Å². The quantitative estimate of drug-likeness (QED) is 0.802. The molecule has 2 aromatic rings. The number of rotatable bonds is 4. The van der Waals surface area contributed by atoms with Crippen LogP contribution in [-0.4, -0.2) is 55.1 Å². The molecular formula is C21H25FN2O2S. The summed E-state index contributed by atoms with van der Waals surface area (Å²) in [5.41, 5.74) is 0.667. The lowest BCUT2D eigenvalue weighted by atomic mass is 9.98. The number of hydrogen-bond acceptors (Lipinski definition) is 4. The maximum Gasteiger partial charge on any atom is 0.225 e. The Morgan fingerprint density at radius 3 is 2.56 bits per heavy atom. The van der Waals surface area contributed by atoms with E-state index in [4.69, 9.17) is 4.74 Å². The average Bonchev–Trinajstić information content (AvgIpc) is 3.17. The molecule has 6 heteroatoms. The first-order chi connectivity index (χ1) is 13.2. The molecule has 0 N–H and O–H groups in total. The lowest BCUT2D eigenvalue weighted by Gasteiger charge is -2.37. The highest BCUT2D eigenvalue weighted by Crippen LogP contribution is 2.30. The molecule has 4 nitrogen and oxygen atoms in total. The van der Waals surface area contributed by atoms with E-state index in [2.05, 4.69) is 11.0 Å². The third-order valence-corrected chi connectivity index (χ3v) is 6.54. The van der Waals surface area contributed by atoms with E-state index in [0.717, 1.165) is 50.4 Å². The van der Waals surface area contributed by atoms with Crippen molar-refractivity contribution in [3.63, 3.8) is 0 Å². The van der Waals surface area contributed by atoms with Crippen molar-refractivity contribution in [1.82, 2.24) is 9.80 Å². The van der Waals surface area contributed by atoms with Crippen molar-refractivity contribution in [2.75, 3.05) is 39.4 Å². The van der Waals surface area contributed by atoms with E-state index in [1.54, 1.807) is 17.4 Å². The fourth-order valence-electron chi connectivity index (χ4n) is 3.82. The highest BCUT2D eigenvalue weighted by Gasteiger charge is 2.28. The van der Waals surface area contributed by atoms with Crippen LogP contribution in [0.5, 0.6) is 0 Å². The van der Waals surface area contributed by atoms with Crippen LogP contribution in [0.3, 0.4) is 0 Å². The van der Waals surface area contributed by atoms with Crippen LogP contribution in [0.1, 0.15) is 17.7 Å². The molecule has 0 atom stereocenters. The van der Waals surface area contributed by atoms with Crippen molar-refractivity contribution >= 4 is 17.2 Å². The van der Waals surface area contributed by atoms with Gasteiger partial charge in [0, 0.05) is 67.2 Å². The Kier molecular flexibility index (Phi) is 5.86. The second kappa shape index (κ2) is 8.50. The zero-order valence-corrected chi connectivity index (χ0v) is 16.2. The van der Waals surface area contributed by atoms with E-state index in [1.807, 2.05) is 23.1 Å². The molecule has 27 heavy (non-hydrogen) atoms. The third kappa shape index (κ3) is 4.39. The zero-order chi connectivity index (χ0) is 18.6. The summed E-state index contributed by atoms with van der Waals surface area (Å²) in [5.74, 6) is 0.271. The van der Waals surface area contributed by atoms with Crippen molar-refractivity contribution in [3.05, 3.63) is 47.1 Å². The fraction of sp³-hybridized carbons (Fsp3) is 0.476. The normalized spacial score (nSPS) is 19.4. The molecule has 3 heterocycles. The number of amides is 1. The standard InChI is InChI=1S/C21H25FN2O2S/c22-19-4-2-1-3-18(19)20-6-5-17(27-20)15-23-9-11-24(12-10-23)21(25)16-7-13-26-14-8-16/h1-6,16H,7-15H2. The van der Waals surface area contributed by atoms with Crippen molar-refractivity contribution in [2.24, 2.45) is 5.92 Å². The second-order valence-corrected chi connectivity index (χ2v) is 8.40. The van der Waals surface area contributed by atoms with Crippen molar-refractivity contribution < 1.29 is 13.9 Å². The largest absolute Gasteiger partial charge is 0.381 e. The summed E-state index contributed by atoms with van der Waals surface area (Å²) in [6.07, 6.45) is 1.71. The summed E-state index contributed by atoms with van der Waals surface area (Å²) < 4.78 is 19.3. The minimum atomic E-state index is -0.175. The number of benzene rings is 1. The van der Waals surface area contributed by atoms with E-state index >= 15 is 0 Å². The van der Waals surface area contributed by atoms with Crippen LogP contribution in [0.2, 0.25) is 0 Å². The molecule has 2 fully saturated rings. The number of carbonyl (C=O) groups excluding carboxylic acids is 1. The molecule has 1 aromatic heterocycles. The molecular weight excluding hydrogens is 363 g/mol. The van der Waals surface area contributed by atoms with Gasteiger partial charge >= 0.3 is 0 Å². The number of hydrogen-bond donors (Lipinski definition) is 0. The molecule has 0 radical (unpaired) electrons. The zero-order valence-electron chi connectivity index (χ0n) is 15.4. The van der Waals surface area contributed by atoms with Gasteiger partial charge in [-0.15, -0.1) is 11.3 Å². The molecule has 0 spiro atoms. The van der Waals surface area contributed by atoms with Crippen molar-refractivity contribution in [3.8, 4) is 10.4 Å². The van der Waals surface area contributed by atoms with Gasteiger partial charge in [-0.2, -0.15) is 0 Å². The second-order valence-electron chi connectivity index (χ2n) is 7.23. The topological polar surface area (TPSA) is 32.8 Å². The van der Waals surface area contributed by atoms with Gasteiger partial charge in [0.1, 0.15) is 5.82 Å². The van der Waals surface area contributed by atoms with Gasteiger partial charge in [-0.25, -0.2) is 4.39 Å². The minimum absolute atomic E-state index is 0.144. The number of ether oxygens (including phenoxy) is 1. The maximum absolute atomic E-state index is 14.0. The molecule has 0 bridgehead atoms. The van der Waals surface area contributed by atoms with Gasteiger partial charge in [0.05, 0.1) is 0 Å². The van der Waals surface area contributed by atoms with Crippen molar-refractivity contribution in [2.45, 2.75) is 19.4 Å². The molecule has 2 aliphatic heterocycles. The van der Waals surface area contributed by atoms with E-state index in [0.29, 0.717) is 24.7 Å². The molecule has 2 saturated heterocycles. The Hall–Kier alpha value is -1.76. The van der Waals surface area contributed by atoms with Crippen LogP contribution in [0, 0.1) is 11.7 Å². The van der Waals surface area contributed by atoms with Crippen LogP contribution in [0.25, 0.3) is 10.4 Å². The molecule has 2 aliphatic rings. The SMILES string of the molecule is O=C(C1CCOCC1)N1CCN(Cc2ccc(-c3ccccc3F)s2)CC1. The van der Waals surface area contributed by atoms with Gasteiger partial charge in [0.25, 0.3) is 0 Å². The Labute approximate surface area is 163 Å². The number of thiophene rings is 1. The van der Waals surface area contributed by atoms with Gasteiger partial charge in [0.15, 0.2) is 0 Å². The van der Waals surface area contributed by atoms with Crippen LogP contribution in [-0.2, 0) is 16.1 Å². The van der Waals surface area contributed by atoms with Crippen LogP contribution >= 0.6 is 11.3 Å². The highest BCUT2D eigenvalue weighted by molar-refractivity contribution is 7.15. The van der Waals surface area contributed by atoms with E-state index in [1.165, 1.54) is 10.9 Å². The average molecular weight is 389 g/mol. The summed E-state index contributed by atoms with van der Waals surface area (Å²) in [6.45, 7) is 5.64. The molecule has 4 rings (SSSR count). The fourth-order valence-corrected chi connectivity index (χ4v) is 4.90. The van der Waals surface area contributed by atoms with Crippen LogP contribution in [0.4, 0.5) is 4.39 Å². The molecule has 0 saturated carbocycles. The number of piperazine rings is 1. The highest BCUT2D eigenvalue weighted by atomic mass is 32.1. The number of carbonyl (C=O) groups is 1. The van der Waals surface area contributed by atoms with Crippen molar-refractivity contribution in [1.29, 1.82) is 0 Å². The smallest absolute Gasteiger partial charge is 0.225 e. The predicted octanol–water partition coefficient (Wildman–Crippen LogP) is 3.63. The predicted molar refractivity (Wildman–Crippen MR) is 105 cm³/mol. The summed E-state index contributed by atoms with van der Waals surface area (Å²) in [6, 6.07) is 11.0. The first-order valence-electron chi connectivity index (χ1n) is 9.63. The monoisotopic (exact) mass is 388 g/mol. The summed E-state index contributed by atoms with van der Waals surface area (Å²) in [7, 11) is 0. The van der Waals surface area contributed by atoms with Gasteiger partial charge < -0.3 is 9.64 Å². The first-order valence-corrected chi connectivity index (χ1v) is 10.4. The molecule has 1 amide bonds. The minimum Gasteiger partial charge on any atom is -0.381 e. The molecule has 0 unspecified atom stereocenters. The molecule has 1 aromatic carbocycles. The number of halogens is 1. The lowest BCUT2D eigenvalue weighted by Crippen LogP contribution is -2.50. The van der Waals surface area contributed by atoms with E-state index < -0.39 is 0 Å². The summed E-state index contributed by atoms with van der Waals surface area (Å²) >= 11 is 1.65. The van der Waals surface area contributed by atoms with E-state index in [-0.39, 0.29) is 11.7 Å². The van der Waals surface area contributed by atoms with Crippen LogP contribution in [0.15, 0.2) is 36.4 Å². The Balaban J connectivity index is 1.31. The Bertz CT molecular complexity index is 780. The first kappa shape index (κ1) is 18.6. The number of nitrogens with zero attached hydrogens (tertiary/aromatic N) is 2.